The lowest BCUT2D eigenvalue weighted by Gasteiger charge is -2.25. The summed E-state index contributed by atoms with van der Waals surface area (Å²) in [5.41, 5.74) is 3.52. The van der Waals surface area contributed by atoms with E-state index in [1.165, 1.54) is 16.1 Å². The van der Waals surface area contributed by atoms with Crippen LogP contribution in [-0.2, 0) is 11.2 Å². The number of fused-ring (bicyclic) bond motifs is 1. The van der Waals surface area contributed by atoms with Gasteiger partial charge < -0.3 is 4.90 Å². The average molecular weight is 394 g/mol. The van der Waals surface area contributed by atoms with E-state index >= 15 is 0 Å². The molecule has 2 aromatic heterocycles. The molecule has 5 rings (SSSR count). The van der Waals surface area contributed by atoms with Crippen LogP contribution in [0.25, 0.3) is 0 Å². The molecule has 0 saturated heterocycles. The second-order valence-electron chi connectivity index (χ2n) is 6.80. The van der Waals surface area contributed by atoms with Crippen molar-refractivity contribution < 1.29 is 4.79 Å². The van der Waals surface area contributed by atoms with Crippen molar-refractivity contribution in [1.82, 2.24) is 5.01 Å². The third-order valence-electron chi connectivity index (χ3n) is 5.15. The van der Waals surface area contributed by atoms with Gasteiger partial charge in [0.15, 0.2) is 0 Å². The molecule has 1 aromatic carbocycles. The molecule has 27 heavy (non-hydrogen) atoms. The zero-order chi connectivity index (χ0) is 18.2. The number of hydrogen-bond donors (Lipinski definition) is 0. The third kappa shape index (κ3) is 3.09. The van der Waals surface area contributed by atoms with Gasteiger partial charge in [-0.1, -0.05) is 30.3 Å². The Morgan fingerprint density at radius 2 is 1.93 bits per heavy atom. The Morgan fingerprint density at radius 1 is 1.07 bits per heavy atom. The number of anilines is 1. The number of carbonyl (C=O) groups is 1. The normalized spacial score (nSPS) is 18.7. The van der Waals surface area contributed by atoms with Crippen molar-refractivity contribution in [3.8, 4) is 0 Å². The van der Waals surface area contributed by atoms with Crippen LogP contribution >= 0.6 is 22.7 Å². The number of benzene rings is 1. The lowest BCUT2D eigenvalue weighted by atomic mass is 10.1. The molecule has 2 aliphatic rings. The monoisotopic (exact) mass is 393 g/mol. The van der Waals surface area contributed by atoms with Crippen LogP contribution in [0.3, 0.4) is 0 Å². The van der Waals surface area contributed by atoms with Crippen LogP contribution < -0.4 is 4.90 Å². The smallest absolute Gasteiger partial charge is 0.262 e. The fourth-order valence-corrected chi connectivity index (χ4v) is 5.37. The van der Waals surface area contributed by atoms with Crippen molar-refractivity contribution in [1.29, 1.82) is 0 Å². The van der Waals surface area contributed by atoms with Gasteiger partial charge in [0.1, 0.15) is 0 Å². The van der Waals surface area contributed by atoms with E-state index in [1.807, 2.05) is 18.2 Å². The average Bonchev–Trinajstić information content (AvgIpc) is 3.47. The van der Waals surface area contributed by atoms with E-state index in [1.54, 1.807) is 27.7 Å². The van der Waals surface area contributed by atoms with Crippen molar-refractivity contribution in [2.75, 3.05) is 18.0 Å². The summed E-state index contributed by atoms with van der Waals surface area (Å²) >= 11 is 3.38. The Labute approximate surface area is 166 Å². The number of hydrazone groups is 1. The summed E-state index contributed by atoms with van der Waals surface area (Å²) in [5.74, 6) is 0.0664. The lowest BCUT2D eigenvalue weighted by molar-refractivity contribution is -0.131. The molecule has 0 spiro atoms. The van der Waals surface area contributed by atoms with Gasteiger partial charge in [0.25, 0.3) is 5.91 Å². The molecule has 136 valence electrons. The van der Waals surface area contributed by atoms with E-state index in [2.05, 4.69) is 46.0 Å². The molecule has 0 bridgehead atoms. The first-order chi connectivity index (χ1) is 13.3. The summed E-state index contributed by atoms with van der Waals surface area (Å²) in [6.45, 7) is 1.27. The summed E-state index contributed by atoms with van der Waals surface area (Å²) in [7, 11) is 0. The van der Waals surface area contributed by atoms with Gasteiger partial charge in [-0.15, -0.1) is 22.7 Å². The van der Waals surface area contributed by atoms with Crippen molar-refractivity contribution >= 4 is 40.0 Å². The van der Waals surface area contributed by atoms with Crippen LogP contribution in [-0.4, -0.2) is 29.7 Å². The third-order valence-corrected chi connectivity index (χ3v) is 7.04. The van der Waals surface area contributed by atoms with Crippen molar-refractivity contribution in [3.63, 3.8) is 0 Å². The fourth-order valence-electron chi connectivity index (χ4n) is 3.84. The van der Waals surface area contributed by atoms with E-state index in [-0.39, 0.29) is 11.9 Å². The molecule has 6 heteroatoms. The number of nitrogens with zero attached hydrogens (tertiary/aromatic N) is 3. The van der Waals surface area contributed by atoms with Crippen molar-refractivity contribution in [3.05, 3.63) is 74.6 Å². The Hall–Kier alpha value is -2.44. The summed E-state index contributed by atoms with van der Waals surface area (Å²) in [5, 5.41) is 10.6. The van der Waals surface area contributed by atoms with E-state index in [0.29, 0.717) is 6.54 Å². The summed E-state index contributed by atoms with van der Waals surface area (Å²) in [6, 6.07) is 16.6. The molecule has 0 radical (unpaired) electrons. The molecule has 0 aliphatic carbocycles. The van der Waals surface area contributed by atoms with Crippen LogP contribution in [0.5, 0.6) is 0 Å². The molecule has 1 amide bonds. The zero-order valence-corrected chi connectivity index (χ0v) is 16.4. The SMILES string of the molecule is O=C(CN1CCc2ccccc21)N1N=C(c2cccs2)CC1c1cccs1. The molecule has 1 atom stereocenters. The highest BCUT2D eigenvalue weighted by Crippen LogP contribution is 2.36. The zero-order valence-electron chi connectivity index (χ0n) is 14.7. The predicted octanol–water partition coefficient (Wildman–Crippen LogP) is 4.55. The Kier molecular flexibility index (Phi) is 4.30. The number of amides is 1. The molecular formula is C21H19N3OS2. The Morgan fingerprint density at radius 3 is 2.74 bits per heavy atom. The largest absolute Gasteiger partial charge is 0.362 e. The van der Waals surface area contributed by atoms with Crippen LogP contribution in [0.15, 0.2) is 64.4 Å². The van der Waals surface area contributed by atoms with Gasteiger partial charge in [-0.3, -0.25) is 4.79 Å². The minimum Gasteiger partial charge on any atom is -0.362 e. The van der Waals surface area contributed by atoms with E-state index < -0.39 is 0 Å². The first-order valence-corrected chi connectivity index (χ1v) is 10.9. The van der Waals surface area contributed by atoms with Crippen LogP contribution in [0, 0.1) is 0 Å². The summed E-state index contributed by atoms with van der Waals surface area (Å²) in [6.07, 6.45) is 1.78. The molecule has 4 heterocycles. The summed E-state index contributed by atoms with van der Waals surface area (Å²) < 4.78 is 0. The first kappa shape index (κ1) is 16.7. The molecule has 4 nitrogen and oxygen atoms in total. The van der Waals surface area contributed by atoms with Gasteiger partial charge in [-0.25, -0.2) is 5.01 Å². The quantitative estimate of drug-likeness (QED) is 0.652. The van der Waals surface area contributed by atoms with E-state index in [0.717, 1.165) is 30.0 Å². The second kappa shape index (κ2) is 6.94. The maximum atomic E-state index is 13.2. The number of carbonyl (C=O) groups excluding carboxylic acids is 1. The standard InChI is InChI=1S/C21H19N3OS2/c25-21(14-23-10-9-15-5-1-2-6-17(15)23)24-18(20-8-4-12-27-20)13-16(22-24)19-7-3-11-26-19/h1-8,11-12,18H,9-10,13-14H2. The minimum atomic E-state index is 0.00690. The molecular weight excluding hydrogens is 374 g/mol. The Bertz CT molecular complexity index is 979. The molecule has 0 fully saturated rings. The van der Waals surface area contributed by atoms with E-state index in [4.69, 9.17) is 5.10 Å². The van der Waals surface area contributed by atoms with E-state index in [9.17, 15) is 4.79 Å². The molecule has 2 aliphatic heterocycles. The lowest BCUT2D eigenvalue weighted by Crippen LogP contribution is -2.37. The second-order valence-corrected chi connectivity index (χ2v) is 8.72. The topological polar surface area (TPSA) is 35.9 Å². The Balaban J connectivity index is 1.41. The first-order valence-electron chi connectivity index (χ1n) is 9.09. The number of thiophene rings is 2. The molecule has 3 aromatic rings. The maximum absolute atomic E-state index is 13.2. The minimum absolute atomic E-state index is 0.00690. The molecule has 0 saturated carbocycles. The highest BCUT2D eigenvalue weighted by atomic mass is 32.1. The highest BCUT2D eigenvalue weighted by molar-refractivity contribution is 7.12. The van der Waals surface area contributed by atoms with Gasteiger partial charge in [0.2, 0.25) is 0 Å². The van der Waals surface area contributed by atoms with Gasteiger partial charge in [0.05, 0.1) is 23.2 Å². The molecule has 0 N–H and O–H groups in total. The molecule has 1 unspecified atom stereocenters. The van der Waals surface area contributed by atoms with Crippen molar-refractivity contribution in [2.45, 2.75) is 18.9 Å². The fraction of sp³-hybridized carbons (Fsp3) is 0.238. The number of rotatable bonds is 4. The maximum Gasteiger partial charge on any atom is 0.262 e. The van der Waals surface area contributed by atoms with Crippen LogP contribution in [0.1, 0.15) is 27.8 Å². The highest BCUT2D eigenvalue weighted by Gasteiger charge is 2.35. The van der Waals surface area contributed by atoms with Gasteiger partial charge >= 0.3 is 0 Å². The van der Waals surface area contributed by atoms with Gasteiger partial charge in [-0.2, -0.15) is 5.10 Å². The van der Waals surface area contributed by atoms with Crippen LogP contribution in [0.4, 0.5) is 5.69 Å². The van der Waals surface area contributed by atoms with Gasteiger partial charge in [0, 0.05) is 23.5 Å². The number of hydrogen-bond acceptors (Lipinski definition) is 5. The van der Waals surface area contributed by atoms with Gasteiger partial charge in [-0.05, 0) is 40.9 Å². The van der Waals surface area contributed by atoms with Crippen LogP contribution in [0.2, 0.25) is 0 Å². The number of para-hydroxylation sites is 1. The predicted molar refractivity (Wildman–Crippen MR) is 112 cm³/mol. The summed E-state index contributed by atoms with van der Waals surface area (Å²) in [4.78, 5) is 17.7. The van der Waals surface area contributed by atoms with Crippen molar-refractivity contribution in [2.24, 2.45) is 5.10 Å².